The van der Waals surface area contributed by atoms with Gasteiger partial charge in [-0.15, -0.1) is 0 Å². The predicted molar refractivity (Wildman–Crippen MR) is 99.7 cm³/mol. The molecule has 1 aliphatic rings. The van der Waals surface area contributed by atoms with Crippen LogP contribution < -0.4 is 10.5 Å². The Morgan fingerprint density at radius 2 is 2.07 bits per heavy atom. The number of hydrogen-bond donors (Lipinski definition) is 0. The normalized spacial score (nSPS) is 15.6. The summed E-state index contributed by atoms with van der Waals surface area (Å²) in [6, 6.07) is 5.36. The lowest BCUT2D eigenvalue weighted by atomic mass is 9.97. The van der Waals surface area contributed by atoms with Crippen LogP contribution in [0.2, 0.25) is 0 Å². The molecule has 0 unspecified atom stereocenters. The van der Waals surface area contributed by atoms with Gasteiger partial charge in [-0.3, -0.25) is 4.79 Å². The van der Waals surface area contributed by atoms with Gasteiger partial charge in [0, 0.05) is 38.9 Å². The second-order valence-corrected chi connectivity index (χ2v) is 6.94. The van der Waals surface area contributed by atoms with Crippen LogP contribution in [0.4, 0.5) is 5.82 Å². The van der Waals surface area contributed by atoms with E-state index in [1.165, 1.54) is 6.33 Å². The van der Waals surface area contributed by atoms with E-state index in [1.54, 1.807) is 28.4 Å². The molecule has 4 rings (SSSR count). The molecular formula is C18H23N7O2. The average molecular weight is 369 g/mol. The monoisotopic (exact) mass is 369 g/mol. The van der Waals surface area contributed by atoms with Gasteiger partial charge in [0.15, 0.2) is 0 Å². The summed E-state index contributed by atoms with van der Waals surface area (Å²) in [6.07, 6.45) is 3.49. The summed E-state index contributed by atoms with van der Waals surface area (Å²) in [5.74, 6) is 1.99. The van der Waals surface area contributed by atoms with E-state index < -0.39 is 0 Å². The molecule has 3 aromatic heterocycles. The largest absolute Gasteiger partial charge is 0.378 e. The van der Waals surface area contributed by atoms with E-state index in [9.17, 15) is 4.79 Å². The Bertz CT molecular complexity index is 989. The van der Waals surface area contributed by atoms with Crippen LogP contribution in [0.5, 0.6) is 0 Å². The number of rotatable bonds is 5. The Morgan fingerprint density at radius 3 is 2.85 bits per heavy atom. The smallest absolute Gasteiger partial charge is 0.266 e. The molecule has 0 saturated carbocycles. The van der Waals surface area contributed by atoms with Crippen molar-refractivity contribution in [3.63, 3.8) is 0 Å². The van der Waals surface area contributed by atoms with E-state index >= 15 is 0 Å². The molecule has 9 nitrogen and oxygen atoms in total. The summed E-state index contributed by atoms with van der Waals surface area (Å²) < 4.78 is 8.58. The van der Waals surface area contributed by atoms with Crippen LogP contribution in [0.25, 0.3) is 5.78 Å². The Balaban J connectivity index is 1.49. The van der Waals surface area contributed by atoms with Gasteiger partial charge in [-0.2, -0.15) is 19.7 Å². The number of aromatic nitrogens is 6. The lowest BCUT2D eigenvalue weighted by Crippen LogP contribution is -2.38. The summed E-state index contributed by atoms with van der Waals surface area (Å²) in [5.41, 5.74) is 1.67. The highest BCUT2D eigenvalue weighted by molar-refractivity contribution is 5.47. The van der Waals surface area contributed by atoms with E-state index in [4.69, 9.17) is 4.74 Å². The predicted octanol–water partition coefficient (Wildman–Crippen LogP) is 1.05. The zero-order chi connectivity index (χ0) is 18.8. The van der Waals surface area contributed by atoms with Gasteiger partial charge in [-0.05, 0) is 31.7 Å². The molecule has 27 heavy (non-hydrogen) atoms. The maximum Gasteiger partial charge on any atom is 0.266 e. The number of fused-ring (bicyclic) bond motifs is 1. The lowest BCUT2D eigenvalue weighted by Gasteiger charge is -2.33. The Kier molecular flexibility index (Phi) is 4.85. The van der Waals surface area contributed by atoms with Gasteiger partial charge in [0.25, 0.3) is 11.3 Å². The van der Waals surface area contributed by atoms with Gasteiger partial charge in [0.1, 0.15) is 12.1 Å². The van der Waals surface area contributed by atoms with Gasteiger partial charge < -0.3 is 9.64 Å². The van der Waals surface area contributed by atoms with Crippen LogP contribution in [-0.2, 0) is 17.9 Å². The maximum atomic E-state index is 12.0. The molecule has 3 aromatic rings. The van der Waals surface area contributed by atoms with Gasteiger partial charge >= 0.3 is 0 Å². The Morgan fingerprint density at radius 1 is 1.26 bits per heavy atom. The molecule has 0 aromatic carbocycles. The first-order valence-electron chi connectivity index (χ1n) is 9.12. The van der Waals surface area contributed by atoms with Crippen molar-refractivity contribution in [1.82, 2.24) is 29.4 Å². The first kappa shape index (κ1) is 17.6. The van der Waals surface area contributed by atoms with Crippen LogP contribution >= 0.6 is 0 Å². The molecule has 0 radical (unpaired) electrons. The van der Waals surface area contributed by atoms with Crippen LogP contribution in [0.3, 0.4) is 0 Å². The number of hydrogen-bond acceptors (Lipinski definition) is 7. The Labute approximate surface area is 156 Å². The standard InChI is InChI=1S/C18H23N7O2/c1-13-3-4-17(26)24(22-13)10-14-5-7-23(8-6-14)16-9-15(11-27-2)21-18-19-12-20-25(16)18/h3-4,9,12,14H,5-8,10-11H2,1-2H3. The van der Waals surface area contributed by atoms with E-state index in [0.29, 0.717) is 24.8 Å². The molecule has 1 aliphatic heterocycles. The van der Waals surface area contributed by atoms with Gasteiger partial charge in [0.2, 0.25) is 0 Å². The number of aryl methyl sites for hydroxylation is 1. The van der Waals surface area contributed by atoms with Crippen molar-refractivity contribution in [2.75, 3.05) is 25.1 Å². The van der Waals surface area contributed by atoms with Crippen molar-refractivity contribution in [2.24, 2.45) is 5.92 Å². The fourth-order valence-electron chi connectivity index (χ4n) is 3.56. The molecule has 0 aliphatic carbocycles. The molecular weight excluding hydrogens is 346 g/mol. The SMILES string of the molecule is COCc1cc(N2CCC(Cn3nc(C)ccc3=O)CC2)n2ncnc2n1. The average Bonchev–Trinajstić information content (AvgIpc) is 3.14. The Hall–Kier alpha value is -2.81. The minimum absolute atomic E-state index is 0.0364. The fraction of sp³-hybridized carbons (Fsp3) is 0.500. The summed E-state index contributed by atoms with van der Waals surface area (Å²) in [5, 5.41) is 8.66. The molecule has 0 spiro atoms. The van der Waals surface area contributed by atoms with Crippen molar-refractivity contribution in [3.05, 3.63) is 46.3 Å². The highest BCUT2D eigenvalue weighted by Gasteiger charge is 2.23. The first-order chi connectivity index (χ1) is 13.1. The maximum absolute atomic E-state index is 12.0. The van der Waals surface area contributed by atoms with Crippen LogP contribution in [0, 0.1) is 12.8 Å². The first-order valence-corrected chi connectivity index (χ1v) is 9.12. The number of ether oxygens (including phenoxy) is 1. The molecule has 9 heteroatoms. The number of nitrogens with zero attached hydrogens (tertiary/aromatic N) is 7. The topological polar surface area (TPSA) is 90.4 Å². The minimum atomic E-state index is -0.0364. The molecule has 0 atom stereocenters. The molecule has 142 valence electrons. The molecule has 1 saturated heterocycles. The summed E-state index contributed by atoms with van der Waals surface area (Å²) in [7, 11) is 1.65. The van der Waals surface area contributed by atoms with Crippen molar-refractivity contribution < 1.29 is 4.74 Å². The summed E-state index contributed by atoms with van der Waals surface area (Å²) >= 11 is 0. The van der Waals surface area contributed by atoms with E-state index in [2.05, 4.69) is 25.1 Å². The molecule has 0 N–H and O–H groups in total. The summed E-state index contributed by atoms with van der Waals surface area (Å²) in [4.78, 5) is 23.0. The fourth-order valence-corrected chi connectivity index (χ4v) is 3.56. The third kappa shape index (κ3) is 3.68. The van der Waals surface area contributed by atoms with Crippen LogP contribution in [-0.4, -0.2) is 49.6 Å². The van der Waals surface area contributed by atoms with Crippen LogP contribution in [0.1, 0.15) is 24.2 Å². The van der Waals surface area contributed by atoms with Crippen molar-refractivity contribution in [2.45, 2.75) is 32.9 Å². The molecule has 1 fully saturated rings. The molecule has 4 heterocycles. The minimum Gasteiger partial charge on any atom is -0.378 e. The van der Waals surface area contributed by atoms with Crippen molar-refractivity contribution >= 4 is 11.6 Å². The van der Waals surface area contributed by atoms with E-state index in [1.807, 2.05) is 13.0 Å². The summed E-state index contributed by atoms with van der Waals surface area (Å²) in [6.45, 7) is 4.78. The zero-order valence-corrected chi connectivity index (χ0v) is 15.6. The zero-order valence-electron chi connectivity index (χ0n) is 15.6. The van der Waals surface area contributed by atoms with Crippen molar-refractivity contribution in [1.29, 1.82) is 0 Å². The second-order valence-electron chi connectivity index (χ2n) is 6.94. The van der Waals surface area contributed by atoms with E-state index in [-0.39, 0.29) is 5.56 Å². The lowest BCUT2D eigenvalue weighted by molar-refractivity contribution is 0.181. The van der Waals surface area contributed by atoms with Crippen molar-refractivity contribution in [3.8, 4) is 0 Å². The van der Waals surface area contributed by atoms with Gasteiger partial charge in [-0.1, -0.05) is 0 Å². The third-order valence-corrected chi connectivity index (χ3v) is 4.95. The number of methoxy groups -OCH3 is 1. The van der Waals surface area contributed by atoms with Gasteiger partial charge in [-0.25, -0.2) is 9.67 Å². The number of anilines is 1. The third-order valence-electron chi connectivity index (χ3n) is 4.95. The second kappa shape index (κ2) is 7.43. The highest BCUT2D eigenvalue weighted by atomic mass is 16.5. The highest BCUT2D eigenvalue weighted by Crippen LogP contribution is 2.24. The quantitative estimate of drug-likeness (QED) is 0.664. The van der Waals surface area contributed by atoms with E-state index in [0.717, 1.165) is 43.1 Å². The molecule has 0 amide bonds. The van der Waals surface area contributed by atoms with Gasteiger partial charge in [0.05, 0.1) is 18.0 Å². The number of piperidine rings is 1. The van der Waals surface area contributed by atoms with Crippen LogP contribution in [0.15, 0.2) is 29.3 Å². The molecule has 0 bridgehead atoms.